The second-order valence-electron chi connectivity index (χ2n) is 7.80. The number of nitrogens with one attached hydrogen (secondary N) is 2. The Labute approximate surface area is 190 Å². The number of halogens is 3. The fraction of sp³-hybridized carbons (Fsp3) is 0.192. The van der Waals surface area contributed by atoms with E-state index in [1.54, 1.807) is 24.3 Å². The number of benzene rings is 3. The van der Waals surface area contributed by atoms with Crippen LogP contribution in [-0.2, 0) is 11.2 Å². The SMILES string of the molecule is O=C(Cc1c[nH]c2cccc(Cl)c12)NCCCC(c1ccc(F)cc1)c1ccc(F)cc1. The summed E-state index contributed by atoms with van der Waals surface area (Å²) in [6.07, 6.45) is 3.51. The van der Waals surface area contributed by atoms with E-state index in [1.807, 2.05) is 24.4 Å². The number of hydrogen-bond donors (Lipinski definition) is 2. The van der Waals surface area contributed by atoms with E-state index in [2.05, 4.69) is 10.3 Å². The minimum absolute atomic E-state index is 0.0134. The quantitative estimate of drug-likeness (QED) is 0.300. The van der Waals surface area contributed by atoms with E-state index >= 15 is 0 Å². The van der Waals surface area contributed by atoms with Gasteiger partial charge in [0.25, 0.3) is 0 Å². The second kappa shape index (κ2) is 9.96. The Hall–Kier alpha value is -3.18. The average Bonchev–Trinajstić information content (AvgIpc) is 3.19. The van der Waals surface area contributed by atoms with Gasteiger partial charge in [0.15, 0.2) is 0 Å². The fourth-order valence-corrected chi connectivity index (χ4v) is 4.33. The molecular formula is C26H23ClF2N2O. The van der Waals surface area contributed by atoms with Crippen LogP contribution >= 0.6 is 11.6 Å². The maximum atomic E-state index is 13.4. The Morgan fingerprint density at radius 2 is 1.56 bits per heavy atom. The van der Waals surface area contributed by atoms with Crippen LogP contribution in [0.15, 0.2) is 72.9 Å². The van der Waals surface area contributed by atoms with Gasteiger partial charge in [0.1, 0.15) is 11.6 Å². The van der Waals surface area contributed by atoms with Crippen LogP contribution in [0.5, 0.6) is 0 Å². The first-order valence-electron chi connectivity index (χ1n) is 10.5. The first-order valence-corrected chi connectivity index (χ1v) is 10.9. The lowest BCUT2D eigenvalue weighted by Crippen LogP contribution is -2.26. The van der Waals surface area contributed by atoms with Crippen molar-refractivity contribution in [3.63, 3.8) is 0 Å². The van der Waals surface area contributed by atoms with Gasteiger partial charge in [-0.15, -0.1) is 0 Å². The van der Waals surface area contributed by atoms with Crippen molar-refractivity contribution in [2.75, 3.05) is 6.54 Å². The third-order valence-corrected chi connectivity index (χ3v) is 5.94. The zero-order valence-electron chi connectivity index (χ0n) is 17.4. The van der Waals surface area contributed by atoms with Crippen LogP contribution in [0.2, 0.25) is 5.02 Å². The van der Waals surface area contributed by atoms with E-state index in [9.17, 15) is 13.6 Å². The number of aromatic nitrogens is 1. The molecule has 0 aliphatic carbocycles. The summed E-state index contributed by atoms with van der Waals surface area (Å²) >= 11 is 6.29. The van der Waals surface area contributed by atoms with Crippen LogP contribution in [0.25, 0.3) is 10.9 Å². The molecule has 0 spiro atoms. The second-order valence-corrected chi connectivity index (χ2v) is 8.21. The molecule has 0 fully saturated rings. The Morgan fingerprint density at radius 1 is 0.938 bits per heavy atom. The number of aromatic amines is 1. The molecule has 2 N–H and O–H groups in total. The Kier molecular flexibility index (Phi) is 6.86. The normalized spacial score (nSPS) is 11.2. The molecular weight excluding hydrogens is 430 g/mol. The van der Waals surface area contributed by atoms with Crippen LogP contribution < -0.4 is 5.32 Å². The maximum Gasteiger partial charge on any atom is 0.224 e. The van der Waals surface area contributed by atoms with Gasteiger partial charge in [-0.25, -0.2) is 8.78 Å². The molecule has 1 amide bonds. The van der Waals surface area contributed by atoms with E-state index in [0.717, 1.165) is 40.4 Å². The zero-order valence-corrected chi connectivity index (χ0v) is 18.1. The summed E-state index contributed by atoms with van der Waals surface area (Å²) in [6.45, 7) is 0.508. The molecule has 0 radical (unpaired) electrons. The maximum absolute atomic E-state index is 13.4. The number of H-pyrrole nitrogens is 1. The number of rotatable bonds is 8. The van der Waals surface area contributed by atoms with E-state index in [1.165, 1.54) is 24.3 Å². The van der Waals surface area contributed by atoms with Gasteiger partial charge < -0.3 is 10.3 Å². The molecule has 0 aliphatic rings. The minimum Gasteiger partial charge on any atom is -0.361 e. The van der Waals surface area contributed by atoms with Crippen molar-refractivity contribution in [1.82, 2.24) is 10.3 Å². The predicted octanol–water partition coefficient (Wildman–Crippen LogP) is 6.37. The molecule has 0 unspecified atom stereocenters. The highest BCUT2D eigenvalue weighted by atomic mass is 35.5. The van der Waals surface area contributed by atoms with Crippen molar-refractivity contribution in [3.05, 3.63) is 106 Å². The van der Waals surface area contributed by atoms with Crippen LogP contribution in [0.3, 0.4) is 0 Å². The Balaban J connectivity index is 1.36. The highest BCUT2D eigenvalue weighted by Gasteiger charge is 2.15. The van der Waals surface area contributed by atoms with Gasteiger partial charge in [0.2, 0.25) is 5.91 Å². The summed E-state index contributed by atoms with van der Waals surface area (Å²) < 4.78 is 26.7. The first kappa shape index (κ1) is 22.0. The highest BCUT2D eigenvalue weighted by Crippen LogP contribution is 2.30. The molecule has 4 aromatic rings. The highest BCUT2D eigenvalue weighted by molar-refractivity contribution is 6.35. The summed E-state index contributed by atoms with van der Waals surface area (Å²) in [7, 11) is 0. The predicted molar refractivity (Wildman–Crippen MR) is 124 cm³/mol. The van der Waals surface area contributed by atoms with Crippen LogP contribution in [0.1, 0.15) is 35.4 Å². The topological polar surface area (TPSA) is 44.9 Å². The van der Waals surface area contributed by atoms with E-state index in [4.69, 9.17) is 11.6 Å². The summed E-state index contributed by atoms with van der Waals surface area (Å²) in [5.74, 6) is -0.682. The molecule has 0 atom stereocenters. The van der Waals surface area contributed by atoms with Crippen molar-refractivity contribution in [1.29, 1.82) is 0 Å². The number of amides is 1. The smallest absolute Gasteiger partial charge is 0.224 e. The molecule has 0 saturated heterocycles. The number of hydrogen-bond acceptors (Lipinski definition) is 1. The van der Waals surface area contributed by atoms with Crippen molar-refractivity contribution in [2.45, 2.75) is 25.2 Å². The summed E-state index contributed by atoms with van der Waals surface area (Å²) in [5.41, 5.74) is 3.68. The van der Waals surface area contributed by atoms with Gasteiger partial charge >= 0.3 is 0 Å². The van der Waals surface area contributed by atoms with Crippen molar-refractivity contribution < 1.29 is 13.6 Å². The zero-order chi connectivity index (χ0) is 22.5. The van der Waals surface area contributed by atoms with Gasteiger partial charge in [-0.1, -0.05) is 41.9 Å². The average molecular weight is 453 g/mol. The van der Waals surface area contributed by atoms with Gasteiger partial charge in [0.05, 0.1) is 11.4 Å². The van der Waals surface area contributed by atoms with Crippen molar-refractivity contribution in [2.24, 2.45) is 0 Å². The van der Waals surface area contributed by atoms with Gasteiger partial charge in [0, 0.05) is 29.6 Å². The molecule has 0 aliphatic heterocycles. The lowest BCUT2D eigenvalue weighted by Gasteiger charge is -2.18. The van der Waals surface area contributed by atoms with Crippen molar-refractivity contribution in [3.8, 4) is 0 Å². The third-order valence-electron chi connectivity index (χ3n) is 5.62. The molecule has 4 rings (SSSR count). The van der Waals surface area contributed by atoms with Gasteiger partial charge in [-0.05, 0) is 65.9 Å². The Morgan fingerprint density at radius 3 is 2.19 bits per heavy atom. The molecule has 164 valence electrons. The molecule has 32 heavy (non-hydrogen) atoms. The lowest BCUT2D eigenvalue weighted by atomic mass is 9.87. The monoisotopic (exact) mass is 452 g/mol. The fourth-order valence-electron chi connectivity index (χ4n) is 4.03. The first-order chi connectivity index (χ1) is 15.5. The standard InChI is InChI=1S/C26H23ClF2N2O/c27-23-4-1-5-24-26(23)19(16-31-24)15-25(32)30-14-2-3-22(17-6-10-20(28)11-7-17)18-8-12-21(29)13-9-18/h1,4-13,16,22,31H,2-3,14-15H2,(H,30,32). The van der Waals surface area contributed by atoms with Crippen molar-refractivity contribution >= 4 is 28.4 Å². The summed E-state index contributed by atoms with van der Waals surface area (Å²) in [5, 5.41) is 4.46. The summed E-state index contributed by atoms with van der Waals surface area (Å²) in [4.78, 5) is 15.6. The number of carbonyl (C=O) groups excluding carboxylic acids is 1. The molecule has 3 nitrogen and oxygen atoms in total. The van der Waals surface area contributed by atoms with Crippen LogP contribution in [-0.4, -0.2) is 17.4 Å². The van der Waals surface area contributed by atoms with Gasteiger partial charge in [-0.3, -0.25) is 4.79 Å². The lowest BCUT2D eigenvalue weighted by molar-refractivity contribution is -0.120. The third kappa shape index (κ3) is 5.17. The van der Waals surface area contributed by atoms with Gasteiger partial charge in [-0.2, -0.15) is 0 Å². The minimum atomic E-state index is -0.295. The summed E-state index contributed by atoms with van der Waals surface area (Å²) in [6, 6.07) is 18.3. The molecule has 0 bridgehead atoms. The van der Waals surface area contributed by atoms with E-state index in [0.29, 0.717) is 11.6 Å². The molecule has 6 heteroatoms. The van der Waals surface area contributed by atoms with Crippen LogP contribution in [0.4, 0.5) is 8.78 Å². The van der Waals surface area contributed by atoms with E-state index < -0.39 is 0 Å². The number of fused-ring (bicyclic) bond motifs is 1. The Bertz CT molecular complexity index is 1160. The molecule has 3 aromatic carbocycles. The molecule has 1 aromatic heterocycles. The molecule has 1 heterocycles. The molecule has 0 saturated carbocycles. The van der Waals surface area contributed by atoms with Crippen LogP contribution in [0, 0.1) is 11.6 Å². The van der Waals surface area contributed by atoms with E-state index in [-0.39, 0.29) is 29.9 Å². The number of carbonyl (C=O) groups is 1. The largest absolute Gasteiger partial charge is 0.361 e.